The normalized spacial score (nSPS) is 15.3. The summed E-state index contributed by atoms with van der Waals surface area (Å²) < 4.78 is 6.87. The van der Waals surface area contributed by atoms with Gasteiger partial charge in [-0.05, 0) is 67.5 Å². The average Bonchev–Trinajstić information content (AvgIpc) is 2.75. The first-order chi connectivity index (χ1) is 14.5. The van der Waals surface area contributed by atoms with Gasteiger partial charge in [0.25, 0.3) is 11.5 Å². The maximum Gasteiger partial charge on any atom is 0.271 e. The number of rotatable bonds is 5. The Morgan fingerprint density at radius 1 is 1.13 bits per heavy atom. The zero-order valence-electron chi connectivity index (χ0n) is 17.2. The number of carbonyl (C=O) groups excluding carboxylic acids is 1. The smallest absolute Gasteiger partial charge is 0.271 e. The molecule has 0 aliphatic heterocycles. The molecule has 0 fully saturated rings. The highest BCUT2D eigenvalue weighted by Gasteiger charge is 2.21. The van der Waals surface area contributed by atoms with Gasteiger partial charge in [-0.1, -0.05) is 30.3 Å². The van der Waals surface area contributed by atoms with Crippen LogP contribution >= 0.6 is 0 Å². The SMILES string of the molecule is Cc1ccc(-n2nc(OCC(=O)N[C@H]3CCCc4ccccc43)ccc2=O)cc1C. The number of carbonyl (C=O) groups is 1. The van der Waals surface area contributed by atoms with Crippen LogP contribution in [0.3, 0.4) is 0 Å². The molecular formula is C24H25N3O3. The lowest BCUT2D eigenvalue weighted by molar-refractivity contribution is -0.124. The standard InChI is InChI=1S/C24H25N3O3/c1-16-10-11-19(14-17(16)2)27-24(29)13-12-23(26-27)30-15-22(28)25-21-9-5-7-18-6-3-4-8-20(18)21/h3-4,6,8,10-14,21H,5,7,9,15H2,1-2H3,(H,25,28)/t21-/m0/s1. The molecule has 2 aromatic carbocycles. The summed E-state index contributed by atoms with van der Waals surface area (Å²) in [6, 6.07) is 16.8. The third-order valence-corrected chi connectivity index (χ3v) is 5.57. The molecule has 1 heterocycles. The molecule has 0 bridgehead atoms. The van der Waals surface area contributed by atoms with Gasteiger partial charge >= 0.3 is 0 Å². The fourth-order valence-corrected chi connectivity index (χ4v) is 3.79. The van der Waals surface area contributed by atoms with Gasteiger partial charge in [0.1, 0.15) is 0 Å². The van der Waals surface area contributed by atoms with Crippen LogP contribution < -0.4 is 15.6 Å². The van der Waals surface area contributed by atoms with Crippen LogP contribution in [-0.4, -0.2) is 22.3 Å². The molecule has 6 heteroatoms. The Hall–Kier alpha value is -3.41. The van der Waals surface area contributed by atoms with Gasteiger partial charge in [-0.15, -0.1) is 5.10 Å². The molecule has 4 rings (SSSR count). The van der Waals surface area contributed by atoms with Gasteiger partial charge in [0, 0.05) is 12.1 Å². The summed E-state index contributed by atoms with van der Waals surface area (Å²) in [6.45, 7) is 3.84. The van der Waals surface area contributed by atoms with Crippen molar-refractivity contribution in [2.24, 2.45) is 0 Å². The Morgan fingerprint density at radius 2 is 1.97 bits per heavy atom. The molecular weight excluding hydrogens is 378 g/mol. The van der Waals surface area contributed by atoms with E-state index in [1.54, 1.807) is 0 Å². The van der Waals surface area contributed by atoms with Crippen LogP contribution in [0.4, 0.5) is 0 Å². The Kier molecular flexibility index (Phi) is 5.65. The summed E-state index contributed by atoms with van der Waals surface area (Å²) >= 11 is 0. The molecule has 1 aromatic heterocycles. The van der Waals surface area contributed by atoms with Gasteiger partial charge in [0.05, 0.1) is 11.7 Å². The second kappa shape index (κ2) is 8.53. The first-order valence-corrected chi connectivity index (χ1v) is 10.2. The Balaban J connectivity index is 1.44. The number of ether oxygens (including phenoxy) is 1. The zero-order valence-corrected chi connectivity index (χ0v) is 17.2. The lowest BCUT2D eigenvalue weighted by Crippen LogP contribution is -2.34. The molecule has 0 spiro atoms. The van der Waals surface area contributed by atoms with Gasteiger partial charge in [-0.2, -0.15) is 4.68 Å². The maximum absolute atomic E-state index is 12.5. The van der Waals surface area contributed by atoms with E-state index >= 15 is 0 Å². The number of benzene rings is 2. The highest BCUT2D eigenvalue weighted by Crippen LogP contribution is 2.29. The van der Waals surface area contributed by atoms with E-state index in [0.29, 0.717) is 5.69 Å². The van der Waals surface area contributed by atoms with Crippen LogP contribution in [0, 0.1) is 13.8 Å². The Bertz CT molecular complexity index is 1140. The van der Waals surface area contributed by atoms with E-state index in [0.717, 1.165) is 30.4 Å². The Morgan fingerprint density at radius 3 is 2.80 bits per heavy atom. The third-order valence-electron chi connectivity index (χ3n) is 5.57. The third kappa shape index (κ3) is 4.27. The van der Waals surface area contributed by atoms with Gasteiger partial charge in [-0.3, -0.25) is 9.59 Å². The van der Waals surface area contributed by atoms with Crippen LogP contribution in [0.15, 0.2) is 59.4 Å². The molecule has 1 amide bonds. The van der Waals surface area contributed by atoms with Crippen molar-refractivity contribution < 1.29 is 9.53 Å². The summed E-state index contributed by atoms with van der Waals surface area (Å²) in [5.41, 5.74) is 5.08. The fraction of sp³-hybridized carbons (Fsp3) is 0.292. The lowest BCUT2D eigenvalue weighted by atomic mass is 9.88. The fourth-order valence-electron chi connectivity index (χ4n) is 3.79. The minimum atomic E-state index is -0.256. The molecule has 0 radical (unpaired) electrons. The van der Waals surface area contributed by atoms with Crippen molar-refractivity contribution in [2.75, 3.05) is 6.61 Å². The van der Waals surface area contributed by atoms with Crippen molar-refractivity contribution in [1.82, 2.24) is 15.1 Å². The average molecular weight is 403 g/mol. The summed E-state index contributed by atoms with van der Waals surface area (Å²) in [7, 11) is 0. The molecule has 1 N–H and O–H groups in total. The number of hydrogen-bond acceptors (Lipinski definition) is 4. The quantitative estimate of drug-likeness (QED) is 0.708. The molecule has 1 aliphatic rings. The van der Waals surface area contributed by atoms with Crippen molar-refractivity contribution in [1.29, 1.82) is 0 Å². The van der Waals surface area contributed by atoms with Crippen molar-refractivity contribution in [3.05, 3.63) is 87.2 Å². The van der Waals surface area contributed by atoms with E-state index in [2.05, 4.69) is 22.5 Å². The monoisotopic (exact) mass is 403 g/mol. The molecule has 0 saturated heterocycles. The number of amides is 1. The van der Waals surface area contributed by atoms with E-state index in [-0.39, 0.29) is 30.0 Å². The summed E-state index contributed by atoms with van der Waals surface area (Å²) in [5, 5.41) is 7.33. The molecule has 154 valence electrons. The van der Waals surface area contributed by atoms with Crippen molar-refractivity contribution in [3.63, 3.8) is 0 Å². The molecule has 6 nitrogen and oxygen atoms in total. The van der Waals surface area contributed by atoms with Crippen LogP contribution in [0.25, 0.3) is 5.69 Å². The Labute approximate surface area is 175 Å². The highest BCUT2D eigenvalue weighted by atomic mass is 16.5. The van der Waals surface area contributed by atoms with Gasteiger partial charge in [0.2, 0.25) is 5.88 Å². The highest BCUT2D eigenvalue weighted by molar-refractivity contribution is 5.78. The lowest BCUT2D eigenvalue weighted by Gasteiger charge is -2.26. The predicted molar refractivity (Wildman–Crippen MR) is 115 cm³/mol. The number of nitrogens with one attached hydrogen (secondary N) is 1. The topological polar surface area (TPSA) is 73.2 Å². The predicted octanol–water partition coefficient (Wildman–Crippen LogP) is 3.42. The van der Waals surface area contributed by atoms with E-state index in [4.69, 9.17) is 4.74 Å². The van der Waals surface area contributed by atoms with Crippen molar-refractivity contribution in [3.8, 4) is 11.6 Å². The van der Waals surface area contributed by atoms with Crippen LogP contribution in [0.2, 0.25) is 0 Å². The molecule has 0 saturated carbocycles. The van der Waals surface area contributed by atoms with Crippen LogP contribution in [-0.2, 0) is 11.2 Å². The molecule has 1 aliphatic carbocycles. The summed E-state index contributed by atoms with van der Waals surface area (Å²) in [4.78, 5) is 24.7. The first-order valence-electron chi connectivity index (χ1n) is 10.2. The number of aryl methyl sites for hydroxylation is 3. The second-order valence-corrected chi connectivity index (χ2v) is 7.69. The molecule has 0 unspecified atom stereocenters. The maximum atomic E-state index is 12.5. The van der Waals surface area contributed by atoms with Gasteiger partial charge < -0.3 is 10.1 Å². The van der Waals surface area contributed by atoms with E-state index in [9.17, 15) is 9.59 Å². The zero-order chi connectivity index (χ0) is 21.1. The minimum Gasteiger partial charge on any atom is -0.467 e. The minimum absolute atomic E-state index is 0.00324. The summed E-state index contributed by atoms with van der Waals surface area (Å²) in [6.07, 6.45) is 3.01. The van der Waals surface area contributed by atoms with E-state index in [1.165, 1.54) is 27.9 Å². The molecule has 1 atom stereocenters. The second-order valence-electron chi connectivity index (χ2n) is 7.69. The number of aromatic nitrogens is 2. The molecule has 3 aromatic rings. The number of nitrogens with zero attached hydrogens (tertiary/aromatic N) is 2. The van der Waals surface area contributed by atoms with Crippen molar-refractivity contribution in [2.45, 2.75) is 39.2 Å². The van der Waals surface area contributed by atoms with Crippen LogP contribution in [0.5, 0.6) is 5.88 Å². The van der Waals surface area contributed by atoms with E-state index in [1.807, 2.05) is 44.2 Å². The largest absolute Gasteiger partial charge is 0.467 e. The van der Waals surface area contributed by atoms with Gasteiger partial charge in [-0.25, -0.2) is 0 Å². The van der Waals surface area contributed by atoms with Crippen LogP contribution in [0.1, 0.15) is 41.1 Å². The number of hydrogen-bond donors (Lipinski definition) is 1. The molecule has 30 heavy (non-hydrogen) atoms. The first kappa shape index (κ1) is 19.9. The van der Waals surface area contributed by atoms with Gasteiger partial charge in [0.15, 0.2) is 6.61 Å². The number of fused-ring (bicyclic) bond motifs is 1. The van der Waals surface area contributed by atoms with Crippen molar-refractivity contribution >= 4 is 5.91 Å². The summed E-state index contributed by atoms with van der Waals surface area (Å²) in [5.74, 6) is 0.0226. The van der Waals surface area contributed by atoms with E-state index < -0.39 is 0 Å².